The molecular weight excluding hydrogens is 328 g/mol. The Labute approximate surface area is 149 Å². The van der Waals surface area contributed by atoms with Crippen LogP contribution in [0.25, 0.3) is 0 Å². The standard InChI is InChI=1S/C17H28N4O2.ClH/c1-12(2)21-10-13-3-4-14(9-15(13)20-21)19-16(22)17(11-18)5-7-23-8-6-17;/h10,12,14H,3-9,11,18H2,1-2H3,(H,19,22);1H. The molecule has 1 unspecified atom stereocenters. The van der Waals surface area contributed by atoms with Gasteiger partial charge in [-0.1, -0.05) is 0 Å². The molecule has 0 bridgehead atoms. The highest BCUT2D eigenvalue weighted by atomic mass is 35.5. The number of nitrogens with one attached hydrogen (secondary N) is 1. The van der Waals surface area contributed by atoms with Gasteiger partial charge < -0.3 is 15.8 Å². The number of carbonyl (C=O) groups excluding carboxylic acids is 1. The maximum Gasteiger partial charge on any atom is 0.227 e. The molecule has 6 nitrogen and oxygen atoms in total. The van der Waals surface area contributed by atoms with Crippen molar-refractivity contribution in [3.63, 3.8) is 0 Å². The lowest BCUT2D eigenvalue weighted by atomic mass is 9.79. The Kier molecular flexibility index (Phi) is 6.28. The molecular formula is C17H29ClN4O2. The van der Waals surface area contributed by atoms with Crippen LogP contribution >= 0.6 is 12.4 Å². The zero-order valence-corrected chi connectivity index (χ0v) is 15.4. The van der Waals surface area contributed by atoms with Crippen LogP contribution in [0.2, 0.25) is 0 Å². The van der Waals surface area contributed by atoms with E-state index in [0.717, 1.165) is 37.8 Å². The summed E-state index contributed by atoms with van der Waals surface area (Å²) in [6.45, 7) is 5.90. The minimum Gasteiger partial charge on any atom is -0.381 e. The Morgan fingerprint density at radius 1 is 1.50 bits per heavy atom. The molecule has 3 N–H and O–H groups in total. The van der Waals surface area contributed by atoms with Crippen LogP contribution in [-0.2, 0) is 22.4 Å². The van der Waals surface area contributed by atoms with Crippen molar-refractivity contribution in [1.82, 2.24) is 15.1 Å². The zero-order chi connectivity index (χ0) is 16.4. The Morgan fingerprint density at radius 2 is 2.21 bits per heavy atom. The lowest BCUT2D eigenvalue weighted by molar-refractivity contribution is -0.136. The van der Waals surface area contributed by atoms with E-state index in [1.165, 1.54) is 5.56 Å². The van der Waals surface area contributed by atoms with Gasteiger partial charge in [0, 0.05) is 44.5 Å². The number of nitrogens with two attached hydrogens (primary N) is 1. The fourth-order valence-corrected chi connectivity index (χ4v) is 3.52. The zero-order valence-electron chi connectivity index (χ0n) is 14.6. The van der Waals surface area contributed by atoms with E-state index in [4.69, 9.17) is 10.5 Å². The molecule has 1 fully saturated rings. The van der Waals surface area contributed by atoms with Gasteiger partial charge in [-0.3, -0.25) is 9.48 Å². The van der Waals surface area contributed by atoms with Crippen molar-refractivity contribution in [3.8, 4) is 0 Å². The summed E-state index contributed by atoms with van der Waals surface area (Å²) < 4.78 is 7.41. The van der Waals surface area contributed by atoms with Crippen LogP contribution in [0, 0.1) is 5.41 Å². The number of fused-ring (bicyclic) bond motifs is 1. The number of hydrogen-bond acceptors (Lipinski definition) is 4. The highest BCUT2D eigenvalue weighted by molar-refractivity contribution is 5.85. The first-order valence-corrected chi connectivity index (χ1v) is 8.70. The van der Waals surface area contributed by atoms with Crippen molar-refractivity contribution in [2.75, 3.05) is 19.8 Å². The summed E-state index contributed by atoms with van der Waals surface area (Å²) in [6.07, 6.45) is 6.35. The third-order valence-electron chi connectivity index (χ3n) is 5.28. The first-order valence-electron chi connectivity index (χ1n) is 8.70. The molecule has 1 amide bonds. The van der Waals surface area contributed by atoms with Crippen LogP contribution in [0.1, 0.15) is 50.4 Å². The van der Waals surface area contributed by atoms with Crippen LogP contribution in [0.15, 0.2) is 6.20 Å². The highest BCUT2D eigenvalue weighted by Gasteiger charge is 2.40. The van der Waals surface area contributed by atoms with E-state index in [1.54, 1.807) is 0 Å². The first kappa shape index (κ1) is 19.2. The Balaban J connectivity index is 0.00000208. The van der Waals surface area contributed by atoms with Gasteiger partial charge in [-0.05, 0) is 45.1 Å². The first-order chi connectivity index (χ1) is 11.0. The van der Waals surface area contributed by atoms with Crippen molar-refractivity contribution < 1.29 is 9.53 Å². The molecule has 1 aromatic heterocycles. The minimum absolute atomic E-state index is 0. The SMILES string of the molecule is CC(C)n1cc2c(n1)CC(NC(=O)C1(CN)CCOCC1)CC2.Cl. The number of carbonyl (C=O) groups is 1. The summed E-state index contributed by atoms with van der Waals surface area (Å²) in [4.78, 5) is 12.8. The van der Waals surface area contributed by atoms with Gasteiger partial charge >= 0.3 is 0 Å². The van der Waals surface area contributed by atoms with Gasteiger partial charge in [0.05, 0.1) is 11.1 Å². The number of nitrogens with zero attached hydrogens (tertiary/aromatic N) is 2. The van der Waals surface area contributed by atoms with E-state index in [2.05, 4.69) is 30.5 Å². The second kappa shape index (κ2) is 7.85. The van der Waals surface area contributed by atoms with Gasteiger partial charge in [-0.25, -0.2) is 0 Å². The van der Waals surface area contributed by atoms with Gasteiger partial charge in [0.2, 0.25) is 5.91 Å². The average Bonchev–Trinajstić information content (AvgIpc) is 2.99. The molecule has 0 spiro atoms. The number of hydrogen-bond donors (Lipinski definition) is 2. The summed E-state index contributed by atoms with van der Waals surface area (Å²) in [7, 11) is 0. The van der Waals surface area contributed by atoms with E-state index in [0.29, 0.717) is 25.8 Å². The highest BCUT2D eigenvalue weighted by Crippen LogP contribution is 2.30. The topological polar surface area (TPSA) is 82.2 Å². The molecule has 1 saturated heterocycles. The Hall–Kier alpha value is -1.11. The third kappa shape index (κ3) is 3.76. The van der Waals surface area contributed by atoms with E-state index < -0.39 is 5.41 Å². The quantitative estimate of drug-likeness (QED) is 0.858. The number of rotatable bonds is 4. The second-order valence-electron chi connectivity index (χ2n) is 7.18. The van der Waals surface area contributed by atoms with Crippen molar-refractivity contribution in [2.24, 2.45) is 11.1 Å². The summed E-state index contributed by atoms with van der Waals surface area (Å²) in [5.41, 5.74) is 7.93. The van der Waals surface area contributed by atoms with Gasteiger partial charge in [0.1, 0.15) is 0 Å². The lowest BCUT2D eigenvalue weighted by Crippen LogP contribution is -2.52. The molecule has 0 radical (unpaired) electrons. The number of halogens is 1. The van der Waals surface area contributed by atoms with Gasteiger partial charge in [0.15, 0.2) is 0 Å². The van der Waals surface area contributed by atoms with Gasteiger partial charge in [0.25, 0.3) is 0 Å². The molecule has 24 heavy (non-hydrogen) atoms. The van der Waals surface area contributed by atoms with Crippen LogP contribution in [0.4, 0.5) is 0 Å². The summed E-state index contributed by atoms with van der Waals surface area (Å²) >= 11 is 0. The van der Waals surface area contributed by atoms with Crippen molar-refractivity contribution >= 4 is 18.3 Å². The van der Waals surface area contributed by atoms with E-state index in [-0.39, 0.29) is 24.4 Å². The number of ether oxygens (including phenoxy) is 1. The predicted octanol–water partition coefficient (Wildman–Crippen LogP) is 1.61. The molecule has 1 aliphatic heterocycles. The maximum atomic E-state index is 12.8. The molecule has 2 aliphatic rings. The molecule has 3 rings (SSSR count). The van der Waals surface area contributed by atoms with Crippen LogP contribution in [-0.4, -0.2) is 41.5 Å². The fraction of sp³-hybridized carbons (Fsp3) is 0.765. The smallest absolute Gasteiger partial charge is 0.227 e. The van der Waals surface area contributed by atoms with Crippen molar-refractivity contribution in [2.45, 2.75) is 58.0 Å². The summed E-state index contributed by atoms with van der Waals surface area (Å²) in [5.74, 6) is 0.0973. The lowest BCUT2D eigenvalue weighted by Gasteiger charge is -2.36. The molecule has 7 heteroatoms. The number of aryl methyl sites for hydroxylation is 1. The maximum absolute atomic E-state index is 12.8. The molecule has 1 aliphatic carbocycles. The minimum atomic E-state index is -0.449. The fourth-order valence-electron chi connectivity index (χ4n) is 3.52. The average molecular weight is 357 g/mol. The largest absolute Gasteiger partial charge is 0.381 e. The molecule has 1 aromatic rings. The van der Waals surface area contributed by atoms with Crippen LogP contribution < -0.4 is 11.1 Å². The Morgan fingerprint density at radius 3 is 2.83 bits per heavy atom. The molecule has 0 saturated carbocycles. The number of amides is 1. The van der Waals surface area contributed by atoms with Crippen LogP contribution in [0.3, 0.4) is 0 Å². The van der Waals surface area contributed by atoms with E-state index in [1.807, 2.05) is 4.68 Å². The Bertz CT molecular complexity index is 567. The number of aromatic nitrogens is 2. The van der Waals surface area contributed by atoms with Crippen molar-refractivity contribution in [3.05, 3.63) is 17.5 Å². The summed E-state index contributed by atoms with van der Waals surface area (Å²) in [6, 6.07) is 0.535. The van der Waals surface area contributed by atoms with Gasteiger partial charge in [-0.2, -0.15) is 5.10 Å². The predicted molar refractivity (Wildman–Crippen MR) is 95.4 cm³/mol. The van der Waals surface area contributed by atoms with Gasteiger partial charge in [-0.15, -0.1) is 12.4 Å². The monoisotopic (exact) mass is 356 g/mol. The molecule has 1 atom stereocenters. The third-order valence-corrected chi connectivity index (χ3v) is 5.28. The molecule has 2 heterocycles. The van der Waals surface area contributed by atoms with E-state index in [9.17, 15) is 4.79 Å². The normalized spacial score (nSPS) is 22.6. The van der Waals surface area contributed by atoms with E-state index >= 15 is 0 Å². The second-order valence-corrected chi connectivity index (χ2v) is 7.18. The summed E-state index contributed by atoms with van der Waals surface area (Å²) in [5, 5.41) is 7.91. The van der Waals surface area contributed by atoms with Crippen molar-refractivity contribution in [1.29, 1.82) is 0 Å². The van der Waals surface area contributed by atoms with Crippen LogP contribution in [0.5, 0.6) is 0 Å². The molecule has 0 aromatic carbocycles. The molecule has 136 valence electrons.